The van der Waals surface area contributed by atoms with E-state index >= 15 is 0 Å². The second kappa shape index (κ2) is 14.7. The number of esters is 5. The van der Waals surface area contributed by atoms with Gasteiger partial charge in [-0.1, -0.05) is 51.7 Å². The maximum atomic E-state index is 13.3. The molecule has 0 radical (unpaired) electrons. The van der Waals surface area contributed by atoms with Gasteiger partial charge in [-0.3, -0.25) is 19.2 Å². The molecule has 0 spiro atoms. The lowest BCUT2D eigenvalue weighted by Crippen LogP contribution is -2.74. The molecule has 270 valence electrons. The van der Waals surface area contributed by atoms with Crippen molar-refractivity contribution in [2.75, 3.05) is 0 Å². The van der Waals surface area contributed by atoms with E-state index in [0.717, 1.165) is 59.5 Å². The van der Waals surface area contributed by atoms with Gasteiger partial charge >= 0.3 is 29.8 Å². The van der Waals surface area contributed by atoms with Crippen molar-refractivity contribution in [2.24, 2.45) is 11.3 Å². The highest BCUT2D eigenvalue weighted by Crippen LogP contribution is 2.56. The first-order chi connectivity index (χ1) is 22.2. The largest absolute Gasteiger partial charge is 0.459 e. The first kappa shape index (κ1) is 39.1. The molecule has 2 aliphatic carbocycles. The number of ether oxygens (including phenoxy) is 5. The van der Waals surface area contributed by atoms with Crippen molar-refractivity contribution in [3.05, 3.63) is 23.8 Å². The predicted molar refractivity (Wildman–Crippen MR) is 166 cm³/mol. The maximum absolute atomic E-state index is 13.3. The first-order valence-corrected chi connectivity index (χ1v) is 16.3. The average molecular weight is 683 g/mol. The third-order valence-corrected chi connectivity index (χ3v) is 9.82. The molecule has 3 rings (SSSR count). The Morgan fingerprint density at radius 1 is 0.854 bits per heavy atom. The molecule has 0 aromatic carbocycles. The Balaban J connectivity index is 2.42. The number of rotatable bonds is 10. The Morgan fingerprint density at radius 2 is 1.42 bits per heavy atom. The number of aliphatic hydroxyl groups excluding tert-OH is 1. The Kier molecular flexibility index (Phi) is 11.9. The van der Waals surface area contributed by atoms with Gasteiger partial charge in [0.15, 0.2) is 35.6 Å². The molecule has 1 saturated heterocycles. The van der Waals surface area contributed by atoms with Crippen LogP contribution in [-0.4, -0.2) is 104 Å². The van der Waals surface area contributed by atoms with Gasteiger partial charge in [0, 0.05) is 38.5 Å². The fourth-order valence-electron chi connectivity index (χ4n) is 7.29. The van der Waals surface area contributed by atoms with Crippen molar-refractivity contribution >= 4 is 29.8 Å². The molecule has 0 aromatic rings. The highest BCUT2D eigenvalue weighted by atomic mass is 16.6. The van der Waals surface area contributed by atoms with Crippen LogP contribution in [0.2, 0.25) is 0 Å². The van der Waals surface area contributed by atoms with E-state index in [-0.39, 0.29) is 12.0 Å². The molecule has 0 unspecified atom stereocenters. The SMILES string of the molecule is CCCCCCCC(=O)O[C@H]1/C(C)=C\[C@@H]2OC(=O)[C@](C)(O)[C@]2(O)[C@H](OC(C)=O)[C@H]2[C@](C)(O)[C@H](O)C=C[C@]2(C)[C@@H](OC(C)=O)[C@@H]1OC(C)=O. The first-order valence-electron chi connectivity index (χ1n) is 16.3. The molecule has 0 saturated carbocycles. The Bertz CT molecular complexity index is 1320. The van der Waals surface area contributed by atoms with Crippen molar-refractivity contribution in [2.45, 2.75) is 147 Å². The van der Waals surface area contributed by atoms with Crippen molar-refractivity contribution in [3.63, 3.8) is 0 Å². The van der Waals surface area contributed by atoms with Gasteiger partial charge < -0.3 is 44.1 Å². The number of fused-ring (bicyclic) bond motifs is 2. The predicted octanol–water partition coefficient (Wildman–Crippen LogP) is 1.73. The second-order valence-electron chi connectivity index (χ2n) is 13.7. The van der Waals surface area contributed by atoms with Gasteiger partial charge in [0.2, 0.25) is 0 Å². The Labute approximate surface area is 280 Å². The van der Waals surface area contributed by atoms with Crippen LogP contribution in [0.15, 0.2) is 23.8 Å². The standard InChI is InChI=1S/C34H50O14/c1-9-10-11-12-13-14-24(39)48-25-18(2)17-23-34(43,33(8,42)30(40)47-23)29(46-21(5)37)27-31(6,16-15-22(38)32(27,7)41)28(45-20(4)36)26(25)44-19(3)35/h15-17,22-23,25-29,38,41-43H,9-14H2,1-8H3/b18-17-/t22-,23+,25+,26-,27-,28+,29-,31+,32-,33+,34-/m1/s1. The van der Waals surface area contributed by atoms with Gasteiger partial charge in [-0.25, -0.2) is 4.79 Å². The summed E-state index contributed by atoms with van der Waals surface area (Å²) in [5.41, 5.74) is -9.80. The molecule has 1 fully saturated rings. The summed E-state index contributed by atoms with van der Waals surface area (Å²) in [5, 5.41) is 47.2. The van der Waals surface area contributed by atoms with Gasteiger partial charge in [0.25, 0.3) is 0 Å². The second-order valence-corrected chi connectivity index (χ2v) is 13.7. The highest BCUT2D eigenvalue weighted by Gasteiger charge is 2.75. The number of aliphatic hydroxyl groups is 4. The molecule has 48 heavy (non-hydrogen) atoms. The lowest BCUT2D eigenvalue weighted by atomic mass is 9.53. The molecule has 0 aromatic heterocycles. The van der Waals surface area contributed by atoms with E-state index in [1.54, 1.807) is 0 Å². The number of hydrogen-bond acceptors (Lipinski definition) is 14. The van der Waals surface area contributed by atoms with Crippen molar-refractivity contribution in [1.29, 1.82) is 0 Å². The van der Waals surface area contributed by atoms with E-state index in [2.05, 4.69) is 6.92 Å². The van der Waals surface area contributed by atoms with E-state index in [4.69, 9.17) is 23.7 Å². The molecular weight excluding hydrogens is 632 g/mol. The van der Waals surface area contributed by atoms with Gasteiger partial charge in [-0.05, 0) is 38.8 Å². The monoisotopic (exact) mass is 682 g/mol. The lowest BCUT2D eigenvalue weighted by Gasteiger charge is -2.57. The van der Waals surface area contributed by atoms with Crippen LogP contribution in [0.4, 0.5) is 0 Å². The van der Waals surface area contributed by atoms with Crippen molar-refractivity contribution in [1.82, 2.24) is 0 Å². The van der Waals surface area contributed by atoms with Crippen molar-refractivity contribution < 1.29 is 68.1 Å². The smallest absolute Gasteiger partial charge is 0.341 e. The van der Waals surface area contributed by atoms with Crippen LogP contribution in [0.25, 0.3) is 0 Å². The number of unbranched alkanes of at least 4 members (excludes halogenated alkanes) is 4. The van der Waals surface area contributed by atoms with Crippen LogP contribution in [-0.2, 0) is 47.7 Å². The van der Waals surface area contributed by atoms with Crippen molar-refractivity contribution in [3.8, 4) is 0 Å². The third-order valence-electron chi connectivity index (χ3n) is 9.82. The molecular formula is C34H50O14. The van der Waals surface area contributed by atoms with Gasteiger partial charge in [-0.15, -0.1) is 0 Å². The van der Waals surface area contributed by atoms with Gasteiger partial charge in [-0.2, -0.15) is 0 Å². The molecule has 11 atom stereocenters. The van der Waals surface area contributed by atoms with Crippen LogP contribution in [0.5, 0.6) is 0 Å². The van der Waals surface area contributed by atoms with Crippen LogP contribution in [0.3, 0.4) is 0 Å². The minimum absolute atomic E-state index is 0.00912. The van der Waals surface area contributed by atoms with E-state index in [0.29, 0.717) is 6.42 Å². The Hall–Kier alpha value is -3.33. The van der Waals surface area contributed by atoms with Gasteiger partial charge in [0.1, 0.15) is 12.2 Å². The summed E-state index contributed by atoms with van der Waals surface area (Å²) in [5.74, 6) is -6.48. The average Bonchev–Trinajstić information content (AvgIpc) is 3.13. The van der Waals surface area contributed by atoms with Crippen LogP contribution in [0, 0.1) is 11.3 Å². The summed E-state index contributed by atoms with van der Waals surface area (Å²) >= 11 is 0. The number of carbonyl (C=O) groups is 5. The minimum Gasteiger partial charge on any atom is -0.459 e. The molecule has 14 nitrogen and oxygen atoms in total. The fourth-order valence-corrected chi connectivity index (χ4v) is 7.29. The minimum atomic E-state index is -2.86. The summed E-state index contributed by atoms with van der Waals surface area (Å²) in [6.45, 7) is 10.2. The van der Waals surface area contributed by atoms with E-state index in [1.807, 2.05) is 0 Å². The molecule has 1 aliphatic heterocycles. The zero-order chi connectivity index (χ0) is 36.4. The normalized spacial score (nSPS) is 40.3. The number of hydrogen-bond donors (Lipinski definition) is 4. The fraction of sp³-hybridized carbons (Fsp3) is 0.735. The van der Waals surface area contributed by atoms with E-state index in [9.17, 15) is 44.4 Å². The summed E-state index contributed by atoms with van der Waals surface area (Å²) < 4.78 is 28.7. The maximum Gasteiger partial charge on any atom is 0.341 e. The summed E-state index contributed by atoms with van der Waals surface area (Å²) in [6, 6.07) is 0. The summed E-state index contributed by atoms with van der Waals surface area (Å²) in [6.07, 6.45) is -2.54. The molecule has 1 heterocycles. The summed E-state index contributed by atoms with van der Waals surface area (Å²) in [4.78, 5) is 64.6. The lowest BCUT2D eigenvalue weighted by molar-refractivity contribution is -0.264. The van der Waals surface area contributed by atoms with E-state index in [1.165, 1.54) is 32.9 Å². The zero-order valence-electron chi connectivity index (χ0n) is 28.9. The quantitative estimate of drug-likeness (QED) is 0.112. The molecule has 3 aliphatic rings. The molecule has 0 amide bonds. The van der Waals surface area contributed by atoms with Crippen LogP contribution >= 0.6 is 0 Å². The molecule has 0 bridgehead atoms. The van der Waals surface area contributed by atoms with Gasteiger partial charge in [0.05, 0.1) is 5.60 Å². The topological polar surface area (TPSA) is 212 Å². The molecule has 4 N–H and O–H groups in total. The molecule has 14 heteroatoms. The zero-order valence-corrected chi connectivity index (χ0v) is 28.9. The number of carbonyl (C=O) groups excluding carboxylic acids is 5. The highest BCUT2D eigenvalue weighted by molar-refractivity contribution is 5.84. The van der Waals surface area contributed by atoms with Crippen LogP contribution in [0.1, 0.15) is 93.9 Å². The Morgan fingerprint density at radius 3 is 1.98 bits per heavy atom. The van der Waals surface area contributed by atoms with E-state index < -0.39 is 94.6 Å². The van der Waals surface area contributed by atoms with Crippen LogP contribution < -0.4 is 0 Å². The summed E-state index contributed by atoms with van der Waals surface area (Å²) in [7, 11) is 0. The third kappa shape index (κ3) is 7.31.